The fourth-order valence-corrected chi connectivity index (χ4v) is 2.64. The number of nitrogens with zero attached hydrogens (tertiary/aromatic N) is 4. The minimum absolute atomic E-state index is 0.0372. The zero-order valence-corrected chi connectivity index (χ0v) is 11.6. The van der Waals surface area contributed by atoms with E-state index in [0.717, 1.165) is 19.3 Å². The van der Waals surface area contributed by atoms with Crippen molar-refractivity contribution in [3.63, 3.8) is 0 Å². The smallest absolute Gasteiger partial charge is 0.288 e. The highest BCUT2D eigenvalue weighted by Gasteiger charge is 2.33. The number of pyridine rings is 1. The monoisotopic (exact) mass is 291 g/mol. The summed E-state index contributed by atoms with van der Waals surface area (Å²) >= 11 is 0. The molecule has 112 valence electrons. The van der Waals surface area contributed by atoms with Crippen LogP contribution in [-0.2, 0) is 0 Å². The third-order valence-electron chi connectivity index (χ3n) is 4.01. The van der Waals surface area contributed by atoms with E-state index in [1.54, 1.807) is 4.90 Å². The maximum absolute atomic E-state index is 12.5. The average molecular weight is 291 g/mol. The Bertz CT molecular complexity index is 579. The Morgan fingerprint density at radius 1 is 1.33 bits per heavy atom. The summed E-state index contributed by atoms with van der Waals surface area (Å²) < 4.78 is 0. The van der Waals surface area contributed by atoms with Crippen molar-refractivity contribution >= 4 is 17.4 Å². The highest BCUT2D eigenvalue weighted by atomic mass is 16.6. The van der Waals surface area contributed by atoms with Crippen LogP contribution < -0.4 is 5.73 Å². The first-order valence-electron chi connectivity index (χ1n) is 6.99. The summed E-state index contributed by atoms with van der Waals surface area (Å²) in [6.07, 6.45) is 3.56. The molecule has 8 heteroatoms. The molecule has 21 heavy (non-hydrogen) atoms. The normalized spacial score (nSPS) is 19.5. The minimum atomic E-state index is -0.575. The first kappa shape index (κ1) is 13.7. The second-order valence-electron chi connectivity index (χ2n) is 5.44. The lowest BCUT2D eigenvalue weighted by Crippen LogP contribution is -2.49. The quantitative estimate of drug-likeness (QED) is 0.642. The molecule has 0 spiro atoms. The van der Waals surface area contributed by atoms with Gasteiger partial charge in [-0.25, -0.2) is 4.98 Å². The molecular formula is C13H17N5O3. The largest absolute Gasteiger partial charge is 0.383 e. The van der Waals surface area contributed by atoms with E-state index in [4.69, 9.17) is 5.73 Å². The van der Waals surface area contributed by atoms with Gasteiger partial charge in [0.05, 0.1) is 10.5 Å². The van der Waals surface area contributed by atoms with Crippen LogP contribution in [-0.4, -0.2) is 57.8 Å². The van der Waals surface area contributed by atoms with Gasteiger partial charge in [0.2, 0.25) is 0 Å². The molecular weight excluding hydrogens is 274 g/mol. The van der Waals surface area contributed by atoms with Crippen molar-refractivity contribution in [1.82, 2.24) is 14.8 Å². The topological polar surface area (TPSA) is 106 Å². The third kappa shape index (κ3) is 2.80. The molecule has 0 atom stereocenters. The summed E-state index contributed by atoms with van der Waals surface area (Å²) in [5.41, 5.74) is 5.59. The Morgan fingerprint density at radius 2 is 2.00 bits per heavy atom. The molecule has 1 aliphatic carbocycles. The molecule has 2 aliphatic rings. The van der Waals surface area contributed by atoms with Gasteiger partial charge in [0, 0.05) is 38.3 Å². The van der Waals surface area contributed by atoms with E-state index in [2.05, 4.69) is 9.88 Å². The number of hydrogen-bond donors (Lipinski definition) is 1. The second-order valence-corrected chi connectivity index (χ2v) is 5.44. The summed E-state index contributed by atoms with van der Waals surface area (Å²) in [4.78, 5) is 30.5. The number of aromatic nitrogens is 1. The molecule has 0 aromatic carbocycles. The van der Waals surface area contributed by atoms with Gasteiger partial charge in [0.25, 0.3) is 11.6 Å². The van der Waals surface area contributed by atoms with E-state index >= 15 is 0 Å². The Kier molecular flexibility index (Phi) is 3.46. The molecule has 1 amide bonds. The molecule has 2 heterocycles. The molecule has 0 bridgehead atoms. The van der Waals surface area contributed by atoms with Crippen LogP contribution in [0.5, 0.6) is 0 Å². The van der Waals surface area contributed by atoms with Crippen LogP contribution in [0.2, 0.25) is 0 Å². The molecule has 0 unspecified atom stereocenters. The Labute approximate surface area is 121 Å². The average Bonchev–Trinajstić information content (AvgIpc) is 3.31. The van der Waals surface area contributed by atoms with Gasteiger partial charge < -0.3 is 10.6 Å². The molecule has 2 fully saturated rings. The minimum Gasteiger partial charge on any atom is -0.383 e. The third-order valence-corrected chi connectivity index (χ3v) is 4.01. The molecule has 1 saturated heterocycles. The van der Waals surface area contributed by atoms with Crippen molar-refractivity contribution in [3.05, 3.63) is 27.9 Å². The zero-order valence-electron chi connectivity index (χ0n) is 11.6. The second kappa shape index (κ2) is 5.28. The SMILES string of the molecule is Nc1ncc([N+](=O)[O-])cc1C(=O)N1CCN(C2CC2)CC1. The van der Waals surface area contributed by atoms with Crippen LogP contribution >= 0.6 is 0 Å². The molecule has 1 aromatic heterocycles. The molecule has 1 aromatic rings. The van der Waals surface area contributed by atoms with Crippen molar-refractivity contribution in [2.24, 2.45) is 0 Å². The lowest BCUT2D eigenvalue weighted by Gasteiger charge is -2.34. The van der Waals surface area contributed by atoms with E-state index in [-0.39, 0.29) is 23.0 Å². The van der Waals surface area contributed by atoms with Crippen molar-refractivity contribution in [3.8, 4) is 0 Å². The molecule has 1 aliphatic heterocycles. The van der Waals surface area contributed by atoms with E-state index in [9.17, 15) is 14.9 Å². The van der Waals surface area contributed by atoms with Crippen LogP contribution in [0.15, 0.2) is 12.3 Å². The van der Waals surface area contributed by atoms with E-state index < -0.39 is 4.92 Å². The van der Waals surface area contributed by atoms with Crippen LogP contribution in [0.1, 0.15) is 23.2 Å². The summed E-state index contributed by atoms with van der Waals surface area (Å²) in [6, 6.07) is 1.89. The number of hydrogen-bond acceptors (Lipinski definition) is 6. The van der Waals surface area contributed by atoms with Crippen molar-refractivity contribution in [2.45, 2.75) is 18.9 Å². The lowest BCUT2D eigenvalue weighted by molar-refractivity contribution is -0.385. The maximum atomic E-state index is 12.5. The fraction of sp³-hybridized carbons (Fsp3) is 0.538. The van der Waals surface area contributed by atoms with E-state index in [0.29, 0.717) is 19.1 Å². The number of carbonyl (C=O) groups excluding carboxylic acids is 1. The van der Waals surface area contributed by atoms with E-state index in [1.807, 2.05) is 0 Å². The number of rotatable bonds is 3. The predicted octanol–water partition coefficient (Wildman–Crippen LogP) is 0.492. The van der Waals surface area contributed by atoms with E-state index in [1.165, 1.54) is 18.9 Å². The van der Waals surface area contributed by atoms with Crippen molar-refractivity contribution in [2.75, 3.05) is 31.9 Å². The summed E-state index contributed by atoms with van der Waals surface area (Å²) in [5, 5.41) is 10.8. The molecule has 1 saturated carbocycles. The van der Waals surface area contributed by atoms with Gasteiger partial charge in [0.1, 0.15) is 12.0 Å². The zero-order chi connectivity index (χ0) is 15.0. The molecule has 8 nitrogen and oxygen atoms in total. The number of carbonyl (C=O) groups is 1. The molecule has 3 rings (SSSR count). The van der Waals surface area contributed by atoms with Gasteiger partial charge in [-0.3, -0.25) is 19.8 Å². The van der Waals surface area contributed by atoms with Gasteiger partial charge in [-0.15, -0.1) is 0 Å². The fourth-order valence-electron chi connectivity index (χ4n) is 2.64. The highest BCUT2D eigenvalue weighted by Crippen LogP contribution is 2.28. The Hall–Kier alpha value is -2.22. The van der Waals surface area contributed by atoms with Crippen molar-refractivity contribution in [1.29, 1.82) is 0 Å². The van der Waals surface area contributed by atoms with Gasteiger partial charge >= 0.3 is 0 Å². The van der Waals surface area contributed by atoms with Gasteiger partial charge in [0.15, 0.2) is 0 Å². The number of anilines is 1. The number of amides is 1. The van der Waals surface area contributed by atoms with Gasteiger partial charge in [-0.2, -0.15) is 0 Å². The first-order chi connectivity index (χ1) is 10.1. The maximum Gasteiger partial charge on any atom is 0.288 e. The summed E-state index contributed by atoms with van der Waals surface area (Å²) in [5.74, 6) is -0.241. The highest BCUT2D eigenvalue weighted by molar-refractivity contribution is 5.98. The Morgan fingerprint density at radius 3 is 2.57 bits per heavy atom. The number of nitrogens with two attached hydrogens (primary N) is 1. The first-order valence-corrected chi connectivity index (χ1v) is 6.99. The van der Waals surface area contributed by atoms with Gasteiger partial charge in [-0.1, -0.05) is 0 Å². The Balaban J connectivity index is 1.72. The van der Waals surface area contributed by atoms with Crippen LogP contribution in [0.4, 0.5) is 11.5 Å². The molecule has 2 N–H and O–H groups in total. The number of nitrogen functional groups attached to an aromatic ring is 1. The van der Waals surface area contributed by atoms with Crippen LogP contribution in [0.3, 0.4) is 0 Å². The molecule has 0 radical (unpaired) electrons. The number of nitro groups is 1. The lowest BCUT2D eigenvalue weighted by atomic mass is 10.2. The summed E-state index contributed by atoms with van der Waals surface area (Å²) in [7, 11) is 0. The standard InChI is InChI=1S/C13H17N5O3/c14-12-11(7-10(8-15-12)18(20)21)13(19)17-5-3-16(4-6-17)9-1-2-9/h7-9H,1-6H2,(H2,14,15). The van der Waals surface area contributed by atoms with Gasteiger partial charge in [-0.05, 0) is 12.8 Å². The summed E-state index contributed by atoms with van der Waals surface area (Å²) in [6.45, 7) is 2.94. The predicted molar refractivity (Wildman–Crippen MR) is 75.8 cm³/mol. The number of piperazine rings is 1. The van der Waals surface area contributed by atoms with Crippen LogP contribution in [0.25, 0.3) is 0 Å². The van der Waals surface area contributed by atoms with Crippen LogP contribution in [0, 0.1) is 10.1 Å². The van der Waals surface area contributed by atoms with Crippen molar-refractivity contribution < 1.29 is 9.72 Å².